The molecule has 2 aromatic heterocycles. The van der Waals surface area contributed by atoms with Crippen LogP contribution < -0.4 is 0 Å². The monoisotopic (exact) mass is 420 g/mol. The van der Waals surface area contributed by atoms with E-state index >= 15 is 0 Å². The van der Waals surface area contributed by atoms with Gasteiger partial charge in [0.05, 0.1) is 12.7 Å². The molecule has 0 fully saturated rings. The van der Waals surface area contributed by atoms with Gasteiger partial charge in [0, 0.05) is 34.6 Å². The average molecular weight is 420 g/mol. The average Bonchev–Trinajstić information content (AvgIpc) is 3.27. The second-order valence-electron chi connectivity index (χ2n) is 7.40. The number of esters is 1. The van der Waals surface area contributed by atoms with Gasteiger partial charge in [0.2, 0.25) is 0 Å². The van der Waals surface area contributed by atoms with Crippen molar-refractivity contribution in [3.05, 3.63) is 102 Å². The molecule has 0 saturated heterocycles. The van der Waals surface area contributed by atoms with Crippen LogP contribution in [0.15, 0.2) is 85.1 Å². The minimum atomic E-state index is -0.377. The third-order valence-corrected chi connectivity index (χ3v) is 5.38. The number of hydrogen-bond donors (Lipinski definition) is 1. The number of aromatic nitrogens is 4. The van der Waals surface area contributed by atoms with Crippen molar-refractivity contribution >= 4 is 16.9 Å². The molecule has 6 heteroatoms. The highest BCUT2D eigenvalue weighted by molar-refractivity contribution is 5.90. The lowest BCUT2D eigenvalue weighted by Gasteiger charge is -2.10. The van der Waals surface area contributed by atoms with Crippen molar-refractivity contribution in [2.24, 2.45) is 0 Å². The smallest absolute Gasteiger partial charge is 0.337 e. The predicted molar refractivity (Wildman–Crippen MR) is 123 cm³/mol. The maximum Gasteiger partial charge on any atom is 0.337 e. The minimum absolute atomic E-state index is 0.377. The summed E-state index contributed by atoms with van der Waals surface area (Å²) in [5.74, 6) is 0.265. The number of rotatable bonds is 5. The molecule has 3 aromatic carbocycles. The lowest BCUT2D eigenvalue weighted by Crippen LogP contribution is -2.04. The Balaban J connectivity index is 1.56. The highest BCUT2D eigenvalue weighted by atomic mass is 16.5. The molecule has 0 unspecified atom stereocenters. The van der Waals surface area contributed by atoms with Crippen LogP contribution in [0.1, 0.15) is 21.7 Å². The van der Waals surface area contributed by atoms with Gasteiger partial charge in [-0.15, -0.1) is 10.2 Å². The third kappa shape index (κ3) is 3.74. The van der Waals surface area contributed by atoms with Crippen LogP contribution in [0.5, 0.6) is 0 Å². The summed E-state index contributed by atoms with van der Waals surface area (Å²) in [6.45, 7) is 0. The molecule has 0 radical (unpaired) electrons. The number of carbonyl (C=O) groups is 1. The Morgan fingerprint density at radius 3 is 2.34 bits per heavy atom. The number of benzene rings is 3. The Morgan fingerprint density at radius 2 is 1.56 bits per heavy atom. The van der Waals surface area contributed by atoms with E-state index in [0.29, 0.717) is 23.5 Å². The Hall–Kier alpha value is -4.32. The molecule has 0 amide bonds. The Bertz CT molecular complexity index is 1390. The largest absolute Gasteiger partial charge is 0.465 e. The van der Waals surface area contributed by atoms with Gasteiger partial charge in [-0.05, 0) is 23.8 Å². The van der Waals surface area contributed by atoms with Crippen molar-refractivity contribution in [2.45, 2.75) is 6.42 Å². The van der Waals surface area contributed by atoms with E-state index < -0.39 is 0 Å². The van der Waals surface area contributed by atoms with Crippen molar-refractivity contribution in [3.8, 4) is 22.5 Å². The van der Waals surface area contributed by atoms with Crippen molar-refractivity contribution in [1.82, 2.24) is 20.2 Å². The summed E-state index contributed by atoms with van der Waals surface area (Å²) in [6, 6.07) is 25.2. The Labute approximate surface area is 184 Å². The number of hydrogen-bond acceptors (Lipinski definition) is 5. The van der Waals surface area contributed by atoms with Crippen molar-refractivity contribution < 1.29 is 9.53 Å². The summed E-state index contributed by atoms with van der Waals surface area (Å²) in [5, 5.41) is 10.1. The van der Waals surface area contributed by atoms with Crippen molar-refractivity contribution in [1.29, 1.82) is 0 Å². The lowest BCUT2D eigenvalue weighted by molar-refractivity contribution is 0.0601. The predicted octanol–water partition coefficient (Wildman–Crippen LogP) is 5.06. The summed E-state index contributed by atoms with van der Waals surface area (Å²) in [6.07, 6.45) is 2.56. The van der Waals surface area contributed by atoms with Gasteiger partial charge >= 0.3 is 5.97 Å². The molecule has 32 heavy (non-hydrogen) atoms. The van der Waals surface area contributed by atoms with E-state index in [1.807, 2.05) is 60.8 Å². The minimum Gasteiger partial charge on any atom is -0.465 e. The highest BCUT2D eigenvalue weighted by Crippen LogP contribution is 2.29. The van der Waals surface area contributed by atoms with Crippen LogP contribution in [0.2, 0.25) is 0 Å². The zero-order chi connectivity index (χ0) is 21.9. The van der Waals surface area contributed by atoms with E-state index in [1.165, 1.54) is 7.11 Å². The van der Waals surface area contributed by atoms with E-state index in [0.717, 1.165) is 33.3 Å². The van der Waals surface area contributed by atoms with Crippen LogP contribution >= 0.6 is 0 Å². The number of para-hydroxylation sites is 1. The molecule has 5 aromatic rings. The number of H-pyrrole nitrogens is 1. The zero-order valence-corrected chi connectivity index (χ0v) is 17.4. The van der Waals surface area contributed by atoms with Gasteiger partial charge in [0.25, 0.3) is 0 Å². The van der Waals surface area contributed by atoms with Gasteiger partial charge in [-0.25, -0.2) is 9.78 Å². The molecular weight excluding hydrogens is 400 g/mol. The molecule has 156 valence electrons. The van der Waals surface area contributed by atoms with Crippen molar-refractivity contribution in [3.63, 3.8) is 0 Å². The molecule has 0 bridgehead atoms. The number of carbonyl (C=O) groups excluding carboxylic acids is 1. The number of nitrogens with one attached hydrogen (secondary N) is 1. The highest BCUT2D eigenvalue weighted by Gasteiger charge is 2.16. The molecule has 0 atom stereocenters. The fourth-order valence-corrected chi connectivity index (χ4v) is 3.76. The number of nitrogens with zero attached hydrogens (tertiary/aromatic N) is 3. The molecule has 0 spiro atoms. The molecule has 5 rings (SSSR count). The van der Waals surface area contributed by atoms with Gasteiger partial charge in [0.1, 0.15) is 11.4 Å². The first-order valence-electron chi connectivity index (χ1n) is 10.3. The number of ether oxygens (including phenoxy) is 1. The van der Waals surface area contributed by atoms with Gasteiger partial charge in [-0.2, -0.15) is 0 Å². The zero-order valence-electron chi connectivity index (χ0n) is 17.4. The first kappa shape index (κ1) is 19.6. The molecule has 1 N–H and O–H groups in total. The quantitative estimate of drug-likeness (QED) is 0.402. The van der Waals surface area contributed by atoms with Gasteiger partial charge in [-0.3, -0.25) is 0 Å². The summed E-state index contributed by atoms with van der Waals surface area (Å²) < 4.78 is 4.79. The summed E-state index contributed by atoms with van der Waals surface area (Å²) >= 11 is 0. The van der Waals surface area contributed by atoms with E-state index in [9.17, 15) is 4.79 Å². The number of methoxy groups -OCH3 is 1. The fraction of sp³-hybridized carbons (Fsp3) is 0.0769. The van der Waals surface area contributed by atoms with Crippen LogP contribution in [-0.4, -0.2) is 33.2 Å². The van der Waals surface area contributed by atoms with Gasteiger partial charge in [0.15, 0.2) is 5.82 Å². The van der Waals surface area contributed by atoms with E-state index in [2.05, 4.69) is 27.3 Å². The van der Waals surface area contributed by atoms with E-state index in [4.69, 9.17) is 9.72 Å². The van der Waals surface area contributed by atoms with Crippen LogP contribution in [0, 0.1) is 0 Å². The SMILES string of the molecule is COC(=O)c1ccc(-c2nnc(Cc3c[nH]c4ccccc34)nc2-c2ccccc2)cc1. The third-order valence-electron chi connectivity index (χ3n) is 5.38. The molecule has 0 aliphatic rings. The van der Waals surface area contributed by atoms with E-state index in [1.54, 1.807) is 12.1 Å². The van der Waals surface area contributed by atoms with Gasteiger partial charge in [-0.1, -0.05) is 60.7 Å². The van der Waals surface area contributed by atoms with Crippen molar-refractivity contribution in [2.75, 3.05) is 7.11 Å². The maximum atomic E-state index is 11.8. The topological polar surface area (TPSA) is 80.8 Å². The number of fused-ring (bicyclic) bond motifs is 1. The molecule has 0 saturated carbocycles. The normalized spacial score (nSPS) is 10.9. The molecule has 0 aliphatic heterocycles. The van der Waals surface area contributed by atoms with E-state index in [-0.39, 0.29) is 5.97 Å². The van der Waals surface area contributed by atoms with Crippen LogP contribution in [0.25, 0.3) is 33.4 Å². The maximum absolute atomic E-state index is 11.8. The lowest BCUT2D eigenvalue weighted by atomic mass is 10.0. The second kappa shape index (κ2) is 8.43. The first-order chi connectivity index (χ1) is 15.7. The van der Waals surface area contributed by atoms with Crippen LogP contribution in [-0.2, 0) is 11.2 Å². The van der Waals surface area contributed by atoms with Crippen LogP contribution in [0.3, 0.4) is 0 Å². The Morgan fingerprint density at radius 1 is 0.844 bits per heavy atom. The number of aromatic amines is 1. The summed E-state index contributed by atoms with van der Waals surface area (Å²) in [7, 11) is 1.37. The van der Waals surface area contributed by atoms with Gasteiger partial charge < -0.3 is 9.72 Å². The van der Waals surface area contributed by atoms with Crippen LogP contribution in [0.4, 0.5) is 0 Å². The first-order valence-corrected chi connectivity index (χ1v) is 10.3. The fourth-order valence-electron chi connectivity index (χ4n) is 3.76. The summed E-state index contributed by atoms with van der Waals surface area (Å²) in [5.41, 5.74) is 5.88. The molecule has 0 aliphatic carbocycles. The molecule has 6 nitrogen and oxygen atoms in total. The standard InChI is InChI=1S/C26H20N4O2/c1-32-26(31)19-13-11-18(12-14-19)25-24(17-7-3-2-4-8-17)28-23(29-30-25)15-20-16-27-22-10-6-5-9-21(20)22/h2-14,16,27H,15H2,1H3. The summed E-state index contributed by atoms with van der Waals surface area (Å²) in [4.78, 5) is 20.0. The molecular formula is C26H20N4O2. The second-order valence-corrected chi connectivity index (χ2v) is 7.40. The Kier molecular flexibility index (Phi) is 5.17. The molecule has 2 heterocycles.